The van der Waals surface area contributed by atoms with Crippen LogP contribution in [0.15, 0.2) is 42.5 Å². The monoisotopic (exact) mass is 413 g/mol. The van der Waals surface area contributed by atoms with Gasteiger partial charge in [-0.15, -0.1) is 0 Å². The highest BCUT2D eigenvalue weighted by molar-refractivity contribution is 7.89. The van der Waals surface area contributed by atoms with Gasteiger partial charge < -0.3 is 10.6 Å². The fourth-order valence-electron chi connectivity index (χ4n) is 3.87. The van der Waals surface area contributed by atoms with Crippen molar-refractivity contribution in [2.24, 2.45) is 0 Å². The maximum Gasteiger partial charge on any atom is 0.243 e. The highest BCUT2D eigenvalue weighted by atomic mass is 32.2. The number of hydrogen-bond donors (Lipinski definition) is 2. The Balaban J connectivity index is 1.60. The Kier molecular flexibility index (Phi) is 5.14. The molecule has 2 N–H and O–H groups in total. The van der Waals surface area contributed by atoms with Crippen molar-refractivity contribution in [2.75, 3.05) is 16.4 Å². The zero-order chi connectivity index (χ0) is 20.6. The van der Waals surface area contributed by atoms with Gasteiger partial charge in [0, 0.05) is 24.3 Å². The van der Waals surface area contributed by atoms with Gasteiger partial charge >= 0.3 is 0 Å². The summed E-state index contributed by atoms with van der Waals surface area (Å²) in [4.78, 5) is 24.6. The van der Waals surface area contributed by atoms with Gasteiger partial charge in [-0.1, -0.05) is 24.3 Å². The number of benzene rings is 2. The van der Waals surface area contributed by atoms with E-state index in [1.54, 1.807) is 19.1 Å². The minimum absolute atomic E-state index is 0.0180. The summed E-state index contributed by atoms with van der Waals surface area (Å²) in [5, 5.41) is 5.68. The highest BCUT2D eigenvalue weighted by Crippen LogP contribution is 2.29. The van der Waals surface area contributed by atoms with Crippen LogP contribution in [0, 0.1) is 0 Å². The van der Waals surface area contributed by atoms with E-state index in [1.165, 1.54) is 4.31 Å². The molecule has 2 aliphatic heterocycles. The Labute approximate surface area is 170 Å². The molecule has 0 saturated carbocycles. The Morgan fingerprint density at radius 1 is 1.14 bits per heavy atom. The first-order valence-corrected chi connectivity index (χ1v) is 11.3. The Morgan fingerprint density at radius 2 is 1.90 bits per heavy atom. The molecule has 152 valence electrons. The van der Waals surface area contributed by atoms with E-state index in [9.17, 15) is 18.0 Å². The average molecular weight is 413 g/mol. The summed E-state index contributed by atoms with van der Waals surface area (Å²) in [5.41, 5.74) is 4.22. The average Bonchev–Trinajstić information content (AvgIpc) is 2.72. The molecule has 0 saturated heterocycles. The molecular weight excluding hydrogens is 390 g/mol. The number of aryl methyl sites for hydroxylation is 1. The summed E-state index contributed by atoms with van der Waals surface area (Å²) < 4.78 is 26.6. The fraction of sp³-hybridized carbons (Fsp3) is 0.333. The van der Waals surface area contributed by atoms with Crippen LogP contribution in [0.5, 0.6) is 0 Å². The van der Waals surface area contributed by atoms with Crippen LogP contribution in [-0.4, -0.2) is 36.3 Å². The molecule has 8 heteroatoms. The van der Waals surface area contributed by atoms with E-state index in [2.05, 4.69) is 10.6 Å². The van der Waals surface area contributed by atoms with Gasteiger partial charge in [0.1, 0.15) is 6.04 Å². The molecule has 0 bridgehead atoms. The van der Waals surface area contributed by atoms with Crippen molar-refractivity contribution < 1.29 is 18.0 Å². The maximum absolute atomic E-state index is 13.1. The topological polar surface area (TPSA) is 95.6 Å². The number of carbonyl (C=O) groups excluding carboxylic acids is 2. The van der Waals surface area contributed by atoms with E-state index in [-0.39, 0.29) is 24.1 Å². The molecule has 0 spiro atoms. The smallest absolute Gasteiger partial charge is 0.243 e. The van der Waals surface area contributed by atoms with E-state index < -0.39 is 16.1 Å². The van der Waals surface area contributed by atoms with E-state index in [1.807, 2.05) is 30.3 Å². The Bertz CT molecular complexity index is 1080. The zero-order valence-electron chi connectivity index (χ0n) is 16.1. The standard InChI is InChI=1S/C21H23N3O4S/c1-2-29(27,28)24-13-16-6-4-3-5-14(16)12-19(24)21(26)22-17-8-9-18-15(11-17)7-10-20(25)23-18/h3-6,8-9,11,19H,2,7,10,12-13H2,1H3,(H,22,26)(H,23,25)/t19-/m1/s1. The van der Waals surface area contributed by atoms with Crippen LogP contribution in [0.1, 0.15) is 30.0 Å². The second-order valence-electron chi connectivity index (χ2n) is 7.34. The van der Waals surface area contributed by atoms with Crippen LogP contribution in [0.4, 0.5) is 11.4 Å². The second kappa shape index (κ2) is 7.61. The third-order valence-electron chi connectivity index (χ3n) is 5.50. The number of anilines is 2. The Morgan fingerprint density at radius 3 is 2.66 bits per heavy atom. The number of nitrogens with one attached hydrogen (secondary N) is 2. The van der Waals surface area contributed by atoms with E-state index in [0.29, 0.717) is 24.9 Å². The lowest BCUT2D eigenvalue weighted by Crippen LogP contribution is -2.51. The molecule has 1 atom stereocenters. The molecule has 2 heterocycles. The van der Waals surface area contributed by atoms with Gasteiger partial charge in [-0.2, -0.15) is 4.31 Å². The number of rotatable bonds is 4. The summed E-state index contributed by atoms with van der Waals surface area (Å²) in [6.45, 7) is 1.78. The summed E-state index contributed by atoms with van der Waals surface area (Å²) in [6, 6.07) is 12.1. The third-order valence-corrected chi connectivity index (χ3v) is 7.33. The van der Waals surface area contributed by atoms with Crippen molar-refractivity contribution in [1.29, 1.82) is 0 Å². The SMILES string of the molecule is CCS(=O)(=O)N1Cc2ccccc2C[C@@H]1C(=O)Nc1ccc2c(c1)CCC(=O)N2. The number of amides is 2. The minimum atomic E-state index is -3.55. The van der Waals surface area contributed by atoms with Gasteiger partial charge in [-0.05, 0) is 54.7 Å². The molecule has 0 aromatic heterocycles. The quantitative estimate of drug-likeness (QED) is 0.804. The number of carbonyl (C=O) groups is 2. The highest BCUT2D eigenvalue weighted by Gasteiger charge is 2.38. The molecule has 0 aliphatic carbocycles. The lowest BCUT2D eigenvalue weighted by Gasteiger charge is -2.34. The lowest BCUT2D eigenvalue weighted by atomic mass is 9.95. The van der Waals surface area contributed by atoms with Gasteiger partial charge in [-0.3, -0.25) is 9.59 Å². The van der Waals surface area contributed by atoms with Crippen LogP contribution in [0.2, 0.25) is 0 Å². The normalized spacial score (nSPS) is 19.1. The fourth-order valence-corrected chi connectivity index (χ4v) is 5.09. The number of fused-ring (bicyclic) bond motifs is 2. The van der Waals surface area contributed by atoms with Gasteiger partial charge in [-0.25, -0.2) is 8.42 Å². The van der Waals surface area contributed by atoms with Crippen molar-refractivity contribution in [1.82, 2.24) is 4.31 Å². The molecule has 0 fully saturated rings. The van der Waals surface area contributed by atoms with Gasteiger partial charge in [0.25, 0.3) is 0 Å². The minimum Gasteiger partial charge on any atom is -0.326 e. The zero-order valence-corrected chi connectivity index (χ0v) is 17.0. The first-order chi connectivity index (χ1) is 13.9. The van der Waals surface area contributed by atoms with E-state index >= 15 is 0 Å². The summed E-state index contributed by atoms with van der Waals surface area (Å²) in [5.74, 6) is -0.427. The third kappa shape index (κ3) is 3.90. The molecule has 7 nitrogen and oxygen atoms in total. The lowest BCUT2D eigenvalue weighted by molar-refractivity contribution is -0.120. The summed E-state index contributed by atoms with van der Waals surface area (Å²) >= 11 is 0. The molecule has 2 aromatic carbocycles. The van der Waals surface area contributed by atoms with Crippen molar-refractivity contribution in [3.05, 3.63) is 59.2 Å². The maximum atomic E-state index is 13.1. The predicted octanol–water partition coefficient (Wildman–Crippen LogP) is 2.29. The van der Waals surface area contributed by atoms with Gasteiger partial charge in [0.15, 0.2) is 0 Å². The Hall–Kier alpha value is -2.71. The van der Waals surface area contributed by atoms with Crippen molar-refractivity contribution in [3.63, 3.8) is 0 Å². The molecule has 2 amide bonds. The second-order valence-corrected chi connectivity index (χ2v) is 9.55. The van der Waals surface area contributed by atoms with Crippen LogP contribution < -0.4 is 10.6 Å². The molecule has 2 aromatic rings. The molecule has 4 rings (SSSR count). The van der Waals surface area contributed by atoms with Gasteiger partial charge in [0.2, 0.25) is 21.8 Å². The molecule has 0 radical (unpaired) electrons. The first-order valence-electron chi connectivity index (χ1n) is 9.67. The van der Waals surface area contributed by atoms with E-state index in [4.69, 9.17) is 0 Å². The predicted molar refractivity (Wildman–Crippen MR) is 111 cm³/mol. The molecule has 0 unspecified atom stereocenters. The van der Waals surface area contributed by atoms with Crippen LogP contribution >= 0.6 is 0 Å². The van der Waals surface area contributed by atoms with Gasteiger partial charge in [0.05, 0.1) is 5.75 Å². The number of sulfonamides is 1. The van der Waals surface area contributed by atoms with Crippen molar-refractivity contribution >= 4 is 33.2 Å². The van der Waals surface area contributed by atoms with E-state index in [0.717, 1.165) is 22.4 Å². The molecular formula is C21H23N3O4S. The van der Waals surface area contributed by atoms with Crippen molar-refractivity contribution in [2.45, 2.75) is 38.8 Å². The largest absolute Gasteiger partial charge is 0.326 e. The first kappa shape index (κ1) is 19.6. The van der Waals surface area contributed by atoms with Crippen LogP contribution in [0.3, 0.4) is 0 Å². The van der Waals surface area contributed by atoms with Crippen LogP contribution in [-0.2, 0) is 39.0 Å². The summed E-state index contributed by atoms with van der Waals surface area (Å²) in [6.07, 6.45) is 1.35. The molecule has 29 heavy (non-hydrogen) atoms. The number of hydrogen-bond acceptors (Lipinski definition) is 4. The number of nitrogens with zero attached hydrogens (tertiary/aromatic N) is 1. The van der Waals surface area contributed by atoms with Crippen LogP contribution in [0.25, 0.3) is 0 Å². The molecule has 2 aliphatic rings. The van der Waals surface area contributed by atoms with Crippen molar-refractivity contribution in [3.8, 4) is 0 Å². The summed E-state index contributed by atoms with van der Waals surface area (Å²) in [7, 11) is -3.55.